The predicted molar refractivity (Wildman–Crippen MR) is 88.7 cm³/mol. The fourth-order valence-corrected chi connectivity index (χ4v) is 2.52. The van der Waals surface area contributed by atoms with Gasteiger partial charge in [0.05, 0.1) is 37.7 Å². The normalized spacial score (nSPS) is 12.5. The van der Waals surface area contributed by atoms with Gasteiger partial charge in [-0.3, -0.25) is 4.68 Å². The van der Waals surface area contributed by atoms with Crippen molar-refractivity contribution in [3.8, 4) is 5.75 Å². The minimum Gasteiger partial charge on any atom is -0.490 e. The first-order chi connectivity index (χ1) is 11.2. The van der Waals surface area contributed by atoms with Crippen molar-refractivity contribution in [3.63, 3.8) is 0 Å². The third kappa shape index (κ3) is 3.32. The Bertz CT molecular complexity index is 778. The van der Waals surface area contributed by atoms with E-state index in [0.717, 1.165) is 28.2 Å². The van der Waals surface area contributed by atoms with E-state index in [2.05, 4.69) is 10.4 Å². The topological polar surface area (TPSA) is 72.5 Å². The van der Waals surface area contributed by atoms with E-state index in [-0.39, 0.29) is 12.6 Å². The molecule has 2 aromatic heterocycles. The molecule has 0 spiro atoms. The molecule has 0 aliphatic rings. The number of furan rings is 1. The number of aromatic nitrogens is 2. The first-order valence-corrected chi connectivity index (χ1v) is 7.76. The average molecular weight is 315 g/mol. The van der Waals surface area contributed by atoms with Crippen molar-refractivity contribution < 1.29 is 14.3 Å². The summed E-state index contributed by atoms with van der Waals surface area (Å²) in [6.45, 7) is 5.14. The molecule has 6 nitrogen and oxygen atoms in total. The van der Waals surface area contributed by atoms with Crippen molar-refractivity contribution in [1.29, 1.82) is 0 Å². The van der Waals surface area contributed by atoms with Crippen LogP contribution in [0.3, 0.4) is 0 Å². The standard InChI is InChI=1S/C17H21N3O3/c1-3-22-15-6-4-5-13-9-16(23-17(13)15)12(2)19-14-10-18-20(11-14)7-8-21/h4-6,9-12,19,21H,3,7-8H2,1-2H3. The van der Waals surface area contributed by atoms with E-state index in [1.807, 2.05) is 44.3 Å². The van der Waals surface area contributed by atoms with Crippen LogP contribution in [-0.4, -0.2) is 28.1 Å². The van der Waals surface area contributed by atoms with Crippen LogP contribution in [0.2, 0.25) is 0 Å². The molecule has 0 radical (unpaired) electrons. The molecular weight excluding hydrogens is 294 g/mol. The van der Waals surface area contributed by atoms with E-state index in [1.54, 1.807) is 10.9 Å². The Balaban J connectivity index is 1.79. The van der Waals surface area contributed by atoms with Gasteiger partial charge in [0.1, 0.15) is 5.76 Å². The van der Waals surface area contributed by atoms with Gasteiger partial charge in [-0.15, -0.1) is 0 Å². The van der Waals surface area contributed by atoms with E-state index in [1.165, 1.54) is 0 Å². The van der Waals surface area contributed by atoms with Gasteiger partial charge in [0.15, 0.2) is 11.3 Å². The molecular formula is C17H21N3O3. The molecule has 3 rings (SSSR count). The molecule has 1 unspecified atom stereocenters. The lowest BCUT2D eigenvalue weighted by Gasteiger charge is -2.10. The Morgan fingerprint density at radius 1 is 1.43 bits per heavy atom. The second-order valence-electron chi connectivity index (χ2n) is 5.34. The van der Waals surface area contributed by atoms with Crippen molar-refractivity contribution in [2.24, 2.45) is 0 Å². The molecule has 2 N–H and O–H groups in total. The van der Waals surface area contributed by atoms with Gasteiger partial charge in [-0.25, -0.2) is 0 Å². The summed E-state index contributed by atoms with van der Waals surface area (Å²) in [6.07, 6.45) is 3.60. The fourth-order valence-electron chi connectivity index (χ4n) is 2.52. The summed E-state index contributed by atoms with van der Waals surface area (Å²) in [4.78, 5) is 0. The minimum absolute atomic E-state index is 0.0105. The van der Waals surface area contributed by atoms with Gasteiger partial charge in [0, 0.05) is 11.6 Å². The summed E-state index contributed by atoms with van der Waals surface area (Å²) in [5, 5.41) is 17.5. The number of ether oxygens (including phenoxy) is 1. The van der Waals surface area contributed by atoms with Gasteiger partial charge in [-0.1, -0.05) is 12.1 Å². The molecule has 122 valence electrons. The monoisotopic (exact) mass is 315 g/mol. The maximum atomic E-state index is 8.93. The van der Waals surface area contributed by atoms with Crippen LogP contribution in [0.1, 0.15) is 25.6 Å². The van der Waals surface area contributed by atoms with E-state index >= 15 is 0 Å². The van der Waals surface area contributed by atoms with Crippen LogP contribution in [0.15, 0.2) is 41.1 Å². The zero-order valence-electron chi connectivity index (χ0n) is 13.3. The number of rotatable bonds is 7. The Morgan fingerprint density at radius 2 is 2.30 bits per heavy atom. The predicted octanol–water partition coefficient (Wildman–Crippen LogP) is 3.19. The zero-order chi connectivity index (χ0) is 16.2. The molecule has 0 fully saturated rings. The number of aliphatic hydroxyl groups is 1. The van der Waals surface area contributed by atoms with Crippen LogP contribution in [-0.2, 0) is 6.54 Å². The Labute approximate surface area is 134 Å². The highest BCUT2D eigenvalue weighted by molar-refractivity contribution is 5.83. The number of para-hydroxylation sites is 1. The zero-order valence-corrected chi connectivity index (χ0v) is 13.3. The van der Waals surface area contributed by atoms with Gasteiger partial charge < -0.3 is 19.6 Å². The molecule has 1 atom stereocenters. The molecule has 0 aliphatic carbocycles. The van der Waals surface area contributed by atoms with E-state index in [9.17, 15) is 0 Å². The van der Waals surface area contributed by atoms with E-state index in [4.69, 9.17) is 14.3 Å². The summed E-state index contributed by atoms with van der Waals surface area (Å²) in [5.41, 5.74) is 1.66. The van der Waals surface area contributed by atoms with Crippen LogP contribution < -0.4 is 10.1 Å². The number of hydrogen-bond acceptors (Lipinski definition) is 5. The lowest BCUT2D eigenvalue weighted by atomic mass is 10.2. The highest BCUT2D eigenvalue weighted by Gasteiger charge is 2.14. The number of aliphatic hydroxyl groups excluding tert-OH is 1. The smallest absolute Gasteiger partial charge is 0.176 e. The number of anilines is 1. The maximum absolute atomic E-state index is 8.93. The first kappa shape index (κ1) is 15.4. The van der Waals surface area contributed by atoms with Crippen LogP contribution in [0.4, 0.5) is 5.69 Å². The number of benzene rings is 1. The Hall–Kier alpha value is -2.47. The van der Waals surface area contributed by atoms with Gasteiger partial charge in [-0.05, 0) is 26.0 Å². The molecule has 6 heteroatoms. The summed E-state index contributed by atoms with van der Waals surface area (Å²) < 4.78 is 13.3. The van der Waals surface area contributed by atoms with Crippen molar-refractivity contribution in [1.82, 2.24) is 9.78 Å². The van der Waals surface area contributed by atoms with Crippen molar-refractivity contribution in [2.45, 2.75) is 26.4 Å². The molecule has 23 heavy (non-hydrogen) atoms. The molecule has 1 aromatic carbocycles. The molecule has 0 aliphatic heterocycles. The van der Waals surface area contributed by atoms with Gasteiger partial charge in [-0.2, -0.15) is 5.10 Å². The van der Waals surface area contributed by atoms with Crippen LogP contribution in [0.5, 0.6) is 5.75 Å². The fraction of sp³-hybridized carbons (Fsp3) is 0.353. The number of hydrogen-bond donors (Lipinski definition) is 2. The highest BCUT2D eigenvalue weighted by Crippen LogP contribution is 2.32. The van der Waals surface area contributed by atoms with Gasteiger partial charge in [0.25, 0.3) is 0 Å². The largest absolute Gasteiger partial charge is 0.490 e. The minimum atomic E-state index is -0.0105. The quantitative estimate of drug-likeness (QED) is 0.700. The Morgan fingerprint density at radius 3 is 3.09 bits per heavy atom. The van der Waals surface area contributed by atoms with Crippen LogP contribution >= 0.6 is 0 Å². The molecule has 0 amide bonds. The van der Waals surface area contributed by atoms with E-state index in [0.29, 0.717) is 13.2 Å². The summed E-state index contributed by atoms with van der Waals surface area (Å²) in [7, 11) is 0. The lowest BCUT2D eigenvalue weighted by molar-refractivity contribution is 0.269. The van der Waals surface area contributed by atoms with Crippen LogP contribution in [0.25, 0.3) is 11.0 Å². The average Bonchev–Trinajstić information content (AvgIpc) is 3.15. The highest BCUT2D eigenvalue weighted by atomic mass is 16.5. The van der Waals surface area contributed by atoms with Crippen molar-refractivity contribution >= 4 is 16.7 Å². The molecule has 0 saturated heterocycles. The van der Waals surface area contributed by atoms with Gasteiger partial charge in [0.2, 0.25) is 0 Å². The third-order valence-corrected chi connectivity index (χ3v) is 3.60. The van der Waals surface area contributed by atoms with Crippen molar-refractivity contribution in [3.05, 3.63) is 42.4 Å². The second kappa shape index (κ2) is 6.75. The summed E-state index contributed by atoms with van der Waals surface area (Å²) >= 11 is 0. The Kier molecular flexibility index (Phi) is 4.52. The number of nitrogens with one attached hydrogen (secondary N) is 1. The van der Waals surface area contributed by atoms with Crippen molar-refractivity contribution in [2.75, 3.05) is 18.5 Å². The molecule has 2 heterocycles. The summed E-state index contributed by atoms with van der Waals surface area (Å²) in [5.74, 6) is 1.60. The lowest BCUT2D eigenvalue weighted by Crippen LogP contribution is -2.05. The summed E-state index contributed by atoms with van der Waals surface area (Å²) in [6, 6.07) is 7.90. The van der Waals surface area contributed by atoms with E-state index < -0.39 is 0 Å². The number of fused-ring (bicyclic) bond motifs is 1. The van der Waals surface area contributed by atoms with Gasteiger partial charge >= 0.3 is 0 Å². The molecule has 0 saturated carbocycles. The van der Waals surface area contributed by atoms with Crippen LogP contribution in [0, 0.1) is 0 Å². The third-order valence-electron chi connectivity index (χ3n) is 3.60. The first-order valence-electron chi connectivity index (χ1n) is 7.76. The SMILES string of the molecule is CCOc1cccc2cc(C(C)Nc3cnn(CCO)c3)oc12. The number of nitrogens with zero attached hydrogens (tertiary/aromatic N) is 2. The molecule has 3 aromatic rings. The molecule has 0 bridgehead atoms. The maximum Gasteiger partial charge on any atom is 0.176 e. The second-order valence-corrected chi connectivity index (χ2v) is 5.34.